The van der Waals surface area contributed by atoms with Crippen LogP contribution < -0.4 is 5.32 Å². The van der Waals surface area contributed by atoms with Crippen LogP contribution in [0.4, 0.5) is 0 Å². The summed E-state index contributed by atoms with van der Waals surface area (Å²) in [5.74, 6) is 0.719. The zero-order valence-corrected chi connectivity index (χ0v) is 20.4. The molecule has 2 bridgehead atoms. The van der Waals surface area contributed by atoms with Gasteiger partial charge in [0.25, 0.3) is 0 Å². The number of likely N-dealkylation sites (tertiary alicyclic amines) is 1. The summed E-state index contributed by atoms with van der Waals surface area (Å²) in [6, 6.07) is 11.4. The van der Waals surface area contributed by atoms with Crippen molar-refractivity contribution in [2.45, 2.75) is 69.1 Å². The molecule has 3 fully saturated rings. The number of aliphatic hydroxyl groups is 1. The molecular formula is C28H33ClN2O3. The molecule has 6 heteroatoms. The van der Waals surface area contributed by atoms with Gasteiger partial charge in [-0.3, -0.25) is 9.69 Å². The van der Waals surface area contributed by atoms with E-state index in [1.807, 2.05) is 37.3 Å². The van der Waals surface area contributed by atoms with Crippen LogP contribution in [0.5, 0.6) is 5.75 Å². The van der Waals surface area contributed by atoms with Gasteiger partial charge >= 0.3 is 0 Å². The highest BCUT2D eigenvalue weighted by Crippen LogP contribution is 2.62. The summed E-state index contributed by atoms with van der Waals surface area (Å²) in [6.07, 6.45) is 5.25. The number of halogens is 1. The van der Waals surface area contributed by atoms with Crippen molar-refractivity contribution in [1.82, 2.24) is 10.2 Å². The van der Waals surface area contributed by atoms with Gasteiger partial charge in [0.1, 0.15) is 5.75 Å². The third-order valence-electron chi connectivity index (χ3n) is 9.21. The van der Waals surface area contributed by atoms with Crippen LogP contribution in [0.2, 0.25) is 5.02 Å². The summed E-state index contributed by atoms with van der Waals surface area (Å²) in [5, 5.41) is 26.5. The molecule has 180 valence electrons. The summed E-state index contributed by atoms with van der Waals surface area (Å²) in [5.41, 5.74) is 2.81. The average Bonchev–Trinajstić information content (AvgIpc) is 3.56. The summed E-state index contributed by atoms with van der Waals surface area (Å²) in [4.78, 5) is 15.9. The van der Waals surface area contributed by atoms with Crippen molar-refractivity contribution in [3.8, 4) is 5.75 Å². The van der Waals surface area contributed by atoms with Crippen LogP contribution in [0.1, 0.15) is 54.4 Å². The Hall–Kier alpha value is -2.08. The van der Waals surface area contributed by atoms with Gasteiger partial charge in [0.05, 0.1) is 5.60 Å². The van der Waals surface area contributed by atoms with E-state index in [-0.39, 0.29) is 23.6 Å². The third kappa shape index (κ3) is 3.39. The molecule has 0 unspecified atom stereocenters. The monoisotopic (exact) mass is 480 g/mol. The van der Waals surface area contributed by atoms with Gasteiger partial charge in [-0.1, -0.05) is 29.8 Å². The number of phenolic OH excluding ortho intramolecular Hbond substituents is 1. The number of amides is 1. The first kappa shape index (κ1) is 22.4. The van der Waals surface area contributed by atoms with Gasteiger partial charge in [-0.2, -0.15) is 0 Å². The molecule has 1 heterocycles. The number of rotatable bonds is 5. The number of hydrogen-bond acceptors (Lipinski definition) is 4. The Morgan fingerprint density at radius 2 is 2.06 bits per heavy atom. The zero-order valence-electron chi connectivity index (χ0n) is 19.7. The first-order chi connectivity index (χ1) is 16.3. The fourth-order valence-electron chi connectivity index (χ4n) is 7.18. The molecule has 5 nitrogen and oxygen atoms in total. The predicted molar refractivity (Wildman–Crippen MR) is 132 cm³/mol. The lowest BCUT2D eigenvalue weighted by Crippen LogP contribution is -2.69. The van der Waals surface area contributed by atoms with Crippen LogP contribution in [0, 0.1) is 18.8 Å². The highest BCUT2D eigenvalue weighted by molar-refractivity contribution is 6.31. The molecule has 6 rings (SSSR count). The van der Waals surface area contributed by atoms with E-state index in [0.717, 1.165) is 48.5 Å². The highest BCUT2D eigenvalue weighted by Gasteiger charge is 2.68. The van der Waals surface area contributed by atoms with Gasteiger partial charge in [0, 0.05) is 35.5 Å². The SMILES string of the molecule is Cc1c(Cl)cccc1CNC(=O)[C@H]1C[C@]23CCN(CC4CC4)[C@H](Cc4ccc(O)cc42)[C@]3(O)C1. The minimum absolute atomic E-state index is 0.00216. The Balaban J connectivity index is 1.30. The quantitative estimate of drug-likeness (QED) is 0.602. The number of carbonyl (C=O) groups is 1. The van der Waals surface area contributed by atoms with Crippen molar-refractivity contribution < 1.29 is 15.0 Å². The average molecular weight is 481 g/mol. The number of hydrogen-bond donors (Lipinski definition) is 3. The lowest BCUT2D eigenvalue weighted by molar-refractivity contribution is -0.134. The molecule has 2 aromatic carbocycles. The van der Waals surface area contributed by atoms with Gasteiger partial charge in [-0.25, -0.2) is 0 Å². The fraction of sp³-hybridized carbons (Fsp3) is 0.536. The fourth-order valence-corrected chi connectivity index (χ4v) is 7.38. The topological polar surface area (TPSA) is 72.8 Å². The number of benzene rings is 2. The first-order valence-corrected chi connectivity index (χ1v) is 13.0. The summed E-state index contributed by atoms with van der Waals surface area (Å²) >= 11 is 6.26. The van der Waals surface area contributed by atoms with Crippen LogP contribution in [0.25, 0.3) is 0 Å². The lowest BCUT2D eigenvalue weighted by Gasteiger charge is -2.59. The van der Waals surface area contributed by atoms with Gasteiger partial charge in [0.2, 0.25) is 5.91 Å². The van der Waals surface area contributed by atoms with Crippen LogP contribution in [-0.4, -0.2) is 45.8 Å². The number of aromatic hydroxyl groups is 1. The maximum Gasteiger partial charge on any atom is 0.223 e. The molecular weight excluding hydrogens is 448 g/mol. The standard InChI is InChI=1S/C28H33ClN2O3/c1-17-20(3-2-4-24(17)29)15-30-26(33)21-13-27-9-10-31(16-18-5-6-18)25(28(27,34)14-21)11-19-7-8-22(32)12-23(19)27/h2-4,7-8,12,18,21,25,32,34H,5-6,9-11,13-16H2,1H3,(H,30,33)/t21-,25+,27+,28+/m0/s1. The minimum atomic E-state index is -0.963. The van der Waals surface area contributed by atoms with E-state index < -0.39 is 11.0 Å². The molecule has 1 aliphatic heterocycles. The molecule has 1 saturated heterocycles. The molecule has 3 aliphatic carbocycles. The van der Waals surface area contributed by atoms with Crippen molar-refractivity contribution >= 4 is 17.5 Å². The van der Waals surface area contributed by atoms with E-state index in [2.05, 4.69) is 10.2 Å². The largest absolute Gasteiger partial charge is 0.508 e. The molecule has 34 heavy (non-hydrogen) atoms. The van der Waals surface area contributed by atoms with Crippen LogP contribution in [-0.2, 0) is 23.2 Å². The molecule has 1 amide bonds. The second-order valence-electron chi connectivity index (χ2n) is 11.1. The van der Waals surface area contributed by atoms with E-state index in [0.29, 0.717) is 24.4 Å². The lowest BCUT2D eigenvalue weighted by atomic mass is 9.56. The van der Waals surface area contributed by atoms with Gasteiger partial charge in [0.15, 0.2) is 0 Å². The Labute approximate surface area is 206 Å². The molecule has 2 saturated carbocycles. The molecule has 3 N–H and O–H groups in total. The van der Waals surface area contributed by atoms with E-state index >= 15 is 0 Å². The molecule has 4 atom stereocenters. The molecule has 0 radical (unpaired) electrons. The number of piperidine rings is 1. The molecule has 0 spiro atoms. The maximum absolute atomic E-state index is 13.4. The normalized spacial score (nSPS) is 32.2. The van der Waals surface area contributed by atoms with Crippen molar-refractivity contribution in [2.24, 2.45) is 11.8 Å². The van der Waals surface area contributed by atoms with Crippen LogP contribution in [0.15, 0.2) is 36.4 Å². The number of nitrogens with one attached hydrogen (secondary N) is 1. The summed E-state index contributed by atoms with van der Waals surface area (Å²) < 4.78 is 0. The summed E-state index contributed by atoms with van der Waals surface area (Å²) in [6.45, 7) is 4.38. The Morgan fingerprint density at radius 1 is 1.24 bits per heavy atom. The third-order valence-corrected chi connectivity index (χ3v) is 9.62. The first-order valence-electron chi connectivity index (χ1n) is 12.6. The predicted octanol–water partition coefficient (Wildman–Crippen LogP) is 4.09. The second kappa shape index (κ2) is 7.97. The van der Waals surface area contributed by atoms with E-state index in [4.69, 9.17) is 11.6 Å². The van der Waals surface area contributed by atoms with Crippen molar-refractivity contribution in [3.63, 3.8) is 0 Å². The number of nitrogens with zero attached hydrogens (tertiary/aromatic N) is 1. The number of fused-ring (bicyclic) bond motifs is 1. The maximum atomic E-state index is 13.4. The zero-order chi connectivity index (χ0) is 23.7. The second-order valence-corrected chi connectivity index (χ2v) is 11.5. The van der Waals surface area contributed by atoms with Gasteiger partial charge < -0.3 is 15.5 Å². The van der Waals surface area contributed by atoms with Crippen molar-refractivity contribution in [1.29, 1.82) is 0 Å². The number of carbonyl (C=O) groups excluding carboxylic acids is 1. The van der Waals surface area contributed by atoms with Gasteiger partial charge in [-0.05, 0) is 98.4 Å². The highest BCUT2D eigenvalue weighted by atomic mass is 35.5. The molecule has 4 aliphatic rings. The van der Waals surface area contributed by atoms with E-state index in [1.165, 1.54) is 18.4 Å². The van der Waals surface area contributed by atoms with Crippen LogP contribution >= 0.6 is 11.6 Å². The van der Waals surface area contributed by atoms with Gasteiger partial charge in [-0.15, -0.1) is 0 Å². The Morgan fingerprint density at radius 3 is 2.85 bits per heavy atom. The van der Waals surface area contributed by atoms with E-state index in [1.54, 1.807) is 6.07 Å². The molecule has 0 aromatic heterocycles. The molecule has 2 aromatic rings. The van der Waals surface area contributed by atoms with Crippen LogP contribution in [0.3, 0.4) is 0 Å². The smallest absolute Gasteiger partial charge is 0.223 e. The van der Waals surface area contributed by atoms with Crippen molar-refractivity contribution in [3.05, 3.63) is 63.7 Å². The summed E-state index contributed by atoms with van der Waals surface area (Å²) in [7, 11) is 0. The Kier molecular flexibility index (Phi) is 5.25. The van der Waals surface area contributed by atoms with Crippen molar-refractivity contribution in [2.75, 3.05) is 13.1 Å². The number of phenols is 1. The minimum Gasteiger partial charge on any atom is -0.508 e. The Bertz CT molecular complexity index is 1150. The van der Waals surface area contributed by atoms with E-state index in [9.17, 15) is 15.0 Å².